The number of carboxylic acid groups (broad SMARTS) is 1. The quantitative estimate of drug-likeness (QED) is 0.746. The Morgan fingerprint density at radius 1 is 1.00 bits per heavy atom. The van der Waals surface area contributed by atoms with Crippen molar-refractivity contribution in [1.82, 2.24) is 15.1 Å². The van der Waals surface area contributed by atoms with Crippen LogP contribution >= 0.6 is 0 Å². The highest BCUT2D eigenvalue weighted by atomic mass is 16.4. The summed E-state index contributed by atoms with van der Waals surface area (Å²) in [4.78, 5) is 15.9. The number of aromatic nitrogens is 2. The van der Waals surface area contributed by atoms with Gasteiger partial charge in [-0.05, 0) is 42.9 Å². The molecule has 4 rings (SSSR count). The fourth-order valence-electron chi connectivity index (χ4n) is 3.35. The molecule has 1 aliphatic rings. The normalized spacial score (nSPS) is 15.1. The van der Waals surface area contributed by atoms with E-state index in [4.69, 9.17) is 5.11 Å². The lowest BCUT2D eigenvalue weighted by Gasteiger charge is -2.34. The summed E-state index contributed by atoms with van der Waals surface area (Å²) < 4.78 is 0. The molecule has 0 saturated carbocycles. The van der Waals surface area contributed by atoms with E-state index in [0.717, 1.165) is 48.7 Å². The van der Waals surface area contributed by atoms with Gasteiger partial charge in [-0.2, -0.15) is 5.10 Å². The zero-order chi connectivity index (χ0) is 18.8. The Morgan fingerprint density at radius 3 is 2.44 bits per heavy atom. The molecule has 0 aliphatic carbocycles. The average Bonchev–Trinajstić information content (AvgIpc) is 3.19. The second-order valence-electron chi connectivity index (χ2n) is 6.89. The van der Waals surface area contributed by atoms with Crippen molar-refractivity contribution in [3.05, 3.63) is 60.2 Å². The third-order valence-electron chi connectivity index (χ3n) is 5.03. The summed E-state index contributed by atoms with van der Waals surface area (Å²) in [5.41, 5.74) is 4.98. The second-order valence-corrected chi connectivity index (χ2v) is 6.89. The van der Waals surface area contributed by atoms with Crippen LogP contribution in [-0.4, -0.2) is 59.4 Å². The Labute approximate surface area is 158 Å². The van der Waals surface area contributed by atoms with E-state index in [2.05, 4.69) is 51.3 Å². The van der Waals surface area contributed by atoms with E-state index >= 15 is 0 Å². The number of hydrogen-bond donors (Lipinski definition) is 2. The van der Waals surface area contributed by atoms with Crippen molar-refractivity contribution < 1.29 is 9.90 Å². The van der Waals surface area contributed by atoms with Gasteiger partial charge in [0.15, 0.2) is 0 Å². The number of hydrogen-bond acceptors (Lipinski definition) is 4. The first-order valence-electron chi connectivity index (χ1n) is 9.03. The van der Waals surface area contributed by atoms with E-state index < -0.39 is 5.97 Å². The standard InChI is InChI=1S/C21H22N4O2/c1-24-9-11-25(12-10-24)18-7-5-15(6-8-18)19-14-20(23-22-19)16-3-2-4-17(13-16)21(26)27/h2-8,13-14H,9-12H2,1H3,(H,22,23)(H,26,27). The Bertz CT molecular complexity index is 941. The number of nitrogens with one attached hydrogen (secondary N) is 1. The third kappa shape index (κ3) is 3.71. The van der Waals surface area contributed by atoms with Crippen molar-refractivity contribution in [1.29, 1.82) is 0 Å². The fourth-order valence-corrected chi connectivity index (χ4v) is 3.35. The third-order valence-corrected chi connectivity index (χ3v) is 5.03. The molecule has 0 radical (unpaired) electrons. The van der Waals surface area contributed by atoms with Crippen molar-refractivity contribution in [3.63, 3.8) is 0 Å². The van der Waals surface area contributed by atoms with E-state index in [1.165, 1.54) is 5.69 Å². The number of piperazine rings is 1. The lowest BCUT2D eigenvalue weighted by atomic mass is 10.1. The van der Waals surface area contributed by atoms with Gasteiger partial charge in [0.2, 0.25) is 0 Å². The first-order chi connectivity index (χ1) is 13.1. The minimum atomic E-state index is -0.938. The Morgan fingerprint density at radius 2 is 1.74 bits per heavy atom. The lowest BCUT2D eigenvalue weighted by Crippen LogP contribution is -2.44. The number of aromatic amines is 1. The van der Waals surface area contributed by atoms with E-state index in [1.807, 2.05) is 12.1 Å². The van der Waals surface area contributed by atoms with Gasteiger partial charge in [0.05, 0.1) is 17.0 Å². The monoisotopic (exact) mass is 362 g/mol. The Balaban J connectivity index is 1.53. The number of aromatic carboxylic acids is 1. The molecule has 0 unspecified atom stereocenters. The average molecular weight is 362 g/mol. The molecule has 2 N–H and O–H groups in total. The Hall–Kier alpha value is -3.12. The number of H-pyrrole nitrogens is 1. The molecule has 1 fully saturated rings. The number of benzene rings is 2. The first kappa shape index (κ1) is 17.3. The minimum Gasteiger partial charge on any atom is -0.478 e. The van der Waals surface area contributed by atoms with Crippen LogP contribution in [0.25, 0.3) is 22.5 Å². The molecule has 27 heavy (non-hydrogen) atoms. The minimum absolute atomic E-state index is 0.258. The molecule has 2 heterocycles. The maximum Gasteiger partial charge on any atom is 0.335 e. The number of carbonyl (C=O) groups is 1. The highest BCUT2D eigenvalue weighted by Crippen LogP contribution is 2.26. The molecule has 0 amide bonds. The van der Waals surface area contributed by atoms with Gasteiger partial charge in [-0.25, -0.2) is 4.79 Å². The van der Waals surface area contributed by atoms with E-state index in [1.54, 1.807) is 18.2 Å². The van der Waals surface area contributed by atoms with Crippen molar-refractivity contribution in [2.24, 2.45) is 0 Å². The summed E-state index contributed by atoms with van der Waals surface area (Å²) in [5, 5.41) is 16.6. The highest BCUT2D eigenvalue weighted by molar-refractivity contribution is 5.89. The molecule has 2 aromatic carbocycles. The van der Waals surface area contributed by atoms with Gasteiger partial charge in [-0.3, -0.25) is 5.10 Å². The first-order valence-corrected chi connectivity index (χ1v) is 9.03. The van der Waals surface area contributed by atoms with Crippen LogP contribution in [0.4, 0.5) is 5.69 Å². The van der Waals surface area contributed by atoms with Crippen LogP contribution in [0.5, 0.6) is 0 Å². The Kier molecular flexibility index (Phi) is 4.64. The maximum atomic E-state index is 11.2. The van der Waals surface area contributed by atoms with Crippen molar-refractivity contribution in [3.8, 4) is 22.5 Å². The van der Waals surface area contributed by atoms with Crippen LogP contribution in [-0.2, 0) is 0 Å². The van der Waals surface area contributed by atoms with Gasteiger partial charge in [0.25, 0.3) is 0 Å². The highest BCUT2D eigenvalue weighted by Gasteiger charge is 2.14. The molecule has 138 valence electrons. The van der Waals surface area contributed by atoms with Crippen LogP contribution < -0.4 is 4.90 Å². The van der Waals surface area contributed by atoms with Crippen LogP contribution in [0.15, 0.2) is 54.6 Å². The molecule has 1 saturated heterocycles. The molecule has 6 heteroatoms. The molecule has 6 nitrogen and oxygen atoms in total. The van der Waals surface area contributed by atoms with Crippen LogP contribution in [0.3, 0.4) is 0 Å². The number of anilines is 1. The fraction of sp³-hybridized carbons (Fsp3) is 0.238. The van der Waals surface area contributed by atoms with Gasteiger partial charge in [-0.1, -0.05) is 24.3 Å². The predicted molar refractivity (Wildman–Crippen MR) is 106 cm³/mol. The summed E-state index contributed by atoms with van der Waals surface area (Å²) in [6, 6.07) is 17.2. The SMILES string of the molecule is CN1CCN(c2ccc(-c3cc(-c4cccc(C(=O)O)c4)n[nH]3)cc2)CC1. The van der Waals surface area contributed by atoms with Crippen molar-refractivity contribution in [2.45, 2.75) is 0 Å². The summed E-state index contributed by atoms with van der Waals surface area (Å²) in [5.74, 6) is -0.938. The molecule has 0 atom stereocenters. The maximum absolute atomic E-state index is 11.2. The lowest BCUT2D eigenvalue weighted by molar-refractivity contribution is 0.0697. The van der Waals surface area contributed by atoms with E-state index in [-0.39, 0.29) is 5.56 Å². The van der Waals surface area contributed by atoms with Gasteiger partial charge in [0.1, 0.15) is 0 Å². The van der Waals surface area contributed by atoms with Gasteiger partial charge < -0.3 is 14.9 Å². The summed E-state index contributed by atoms with van der Waals surface area (Å²) >= 11 is 0. The van der Waals surface area contributed by atoms with Crippen LogP contribution in [0.2, 0.25) is 0 Å². The number of likely N-dealkylation sites (N-methyl/N-ethyl adjacent to an activating group) is 1. The van der Waals surface area contributed by atoms with E-state index in [9.17, 15) is 4.79 Å². The molecule has 3 aromatic rings. The second kappa shape index (κ2) is 7.25. The number of rotatable bonds is 4. The number of nitrogens with zero attached hydrogens (tertiary/aromatic N) is 3. The van der Waals surface area contributed by atoms with Gasteiger partial charge in [-0.15, -0.1) is 0 Å². The van der Waals surface area contributed by atoms with Crippen LogP contribution in [0.1, 0.15) is 10.4 Å². The molecule has 0 bridgehead atoms. The molecular formula is C21H22N4O2. The molecular weight excluding hydrogens is 340 g/mol. The largest absolute Gasteiger partial charge is 0.478 e. The van der Waals surface area contributed by atoms with Crippen molar-refractivity contribution >= 4 is 11.7 Å². The zero-order valence-corrected chi connectivity index (χ0v) is 15.2. The summed E-state index contributed by atoms with van der Waals surface area (Å²) in [6.07, 6.45) is 0. The molecule has 1 aromatic heterocycles. The topological polar surface area (TPSA) is 72.5 Å². The predicted octanol–water partition coefficient (Wildman–Crippen LogP) is 3.19. The van der Waals surface area contributed by atoms with Gasteiger partial charge in [0, 0.05) is 37.4 Å². The smallest absolute Gasteiger partial charge is 0.335 e. The summed E-state index contributed by atoms with van der Waals surface area (Å²) in [6.45, 7) is 4.26. The molecule has 1 aliphatic heterocycles. The van der Waals surface area contributed by atoms with Crippen LogP contribution in [0, 0.1) is 0 Å². The summed E-state index contributed by atoms with van der Waals surface area (Å²) in [7, 11) is 2.16. The number of carboxylic acids is 1. The van der Waals surface area contributed by atoms with Gasteiger partial charge >= 0.3 is 5.97 Å². The molecule has 0 spiro atoms. The van der Waals surface area contributed by atoms with Crippen molar-refractivity contribution in [2.75, 3.05) is 38.1 Å². The van der Waals surface area contributed by atoms with E-state index in [0.29, 0.717) is 0 Å². The zero-order valence-electron chi connectivity index (χ0n) is 15.2.